The van der Waals surface area contributed by atoms with Gasteiger partial charge in [0.25, 0.3) is 0 Å². The van der Waals surface area contributed by atoms with Gasteiger partial charge in [-0.2, -0.15) is 0 Å². The molecule has 0 saturated heterocycles. The molecule has 0 aliphatic carbocycles. The number of carbonyl (C=O) groups is 2. The van der Waals surface area contributed by atoms with Gasteiger partial charge in [0.05, 0.1) is 12.5 Å². The highest BCUT2D eigenvalue weighted by Gasteiger charge is 2.06. The fourth-order valence-electron chi connectivity index (χ4n) is 0.478. The summed E-state index contributed by atoms with van der Waals surface area (Å²) in [6.07, 6.45) is 2.12. The van der Waals surface area contributed by atoms with E-state index >= 15 is 0 Å². The molecule has 4 nitrogen and oxygen atoms in total. The number of esters is 1. The summed E-state index contributed by atoms with van der Waals surface area (Å²) in [5.41, 5.74) is 0. The van der Waals surface area contributed by atoms with Crippen LogP contribution in [-0.4, -0.2) is 33.4 Å². The lowest BCUT2D eigenvalue weighted by Gasteiger charge is -1.97. The summed E-state index contributed by atoms with van der Waals surface area (Å²) in [6.45, 7) is 3.67. The van der Waals surface area contributed by atoms with E-state index in [0.29, 0.717) is 11.9 Å². The smallest absolute Gasteiger partial charge is 0.307 e. The van der Waals surface area contributed by atoms with Gasteiger partial charge in [-0.05, 0) is 17.3 Å². The van der Waals surface area contributed by atoms with E-state index in [-0.39, 0.29) is 11.9 Å². The zero-order valence-corrected chi connectivity index (χ0v) is 13.3. The molecule has 1 unspecified atom stereocenters. The Hall–Kier alpha value is 0.150. The number of carbonyl (C=O) groups excluding carboxylic acids is 1. The maximum atomic E-state index is 10.2. The van der Waals surface area contributed by atoms with Gasteiger partial charge >= 0.3 is 11.9 Å². The third-order valence-corrected chi connectivity index (χ3v) is 3.22. The van der Waals surface area contributed by atoms with Crippen molar-refractivity contribution >= 4 is 50.5 Å². The second-order valence-electron chi connectivity index (χ2n) is 3.13. The van der Waals surface area contributed by atoms with Gasteiger partial charge in [-0.1, -0.05) is 45.4 Å². The van der Waals surface area contributed by atoms with E-state index in [2.05, 4.69) is 38.5 Å². The standard InChI is InChI=1S/C6H11IO2.C4H7BrO2/c1-6(8)9-5-3-2-4-7;1-3(2-5)4(6)7/h2-5H2,1H3;3H,2H2,1H3,(H,6,7). The molecule has 16 heavy (non-hydrogen) atoms. The highest BCUT2D eigenvalue weighted by Crippen LogP contribution is 1.97. The number of alkyl halides is 2. The Morgan fingerprint density at radius 2 is 2.00 bits per heavy atom. The number of carboxylic acid groups (broad SMARTS) is 1. The molecule has 0 aliphatic heterocycles. The monoisotopic (exact) mass is 408 g/mol. The van der Waals surface area contributed by atoms with Crippen LogP contribution in [0.4, 0.5) is 0 Å². The molecule has 0 saturated carbocycles. The topological polar surface area (TPSA) is 63.6 Å². The van der Waals surface area contributed by atoms with Crippen molar-refractivity contribution in [2.45, 2.75) is 26.7 Å². The lowest BCUT2D eigenvalue weighted by molar-refractivity contribution is -0.141. The van der Waals surface area contributed by atoms with E-state index < -0.39 is 5.97 Å². The average molecular weight is 409 g/mol. The fraction of sp³-hybridized carbons (Fsp3) is 0.800. The van der Waals surface area contributed by atoms with Crippen LogP contribution in [0.15, 0.2) is 0 Å². The van der Waals surface area contributed by atoms with E-state index in [1.165, 1.54) is 6.92 Å². The van der Waals surface area contributed by atoms with Crippen molar-refractivity contribution in [1.29, 1.82) is 0 Å². The summed E-state index contributed by atoms with van der Waals surface area (Å²) in [5.74, 6) is -1.19. The summed E-state index contributed by atoms with van der Waals surface area (Å²) in [4.78, 5) is 20.1. The third-order valence-electron chi connectivity index (χ3n) is 1.49. The number of aliphatic carboxylic acids is 1. The molecule has 0 rings (SSSR count). The van der Waals surface area contributed by atoms with Crippen molar-refractivity contribution in [2.24, 2.45) is 5.92 Å². The van der Waals surface area contributed by atoms with Gasteiger partial charge in [-0.3, -0.25) is 9.59 Å². The number of hydrogen-bond donors (Lipinski definition) is 1. The average Bonchev–Trinajstić information content (AvgIpc) is 2.23. The first-order valence-corrected chi connectivity index (χ1v) is 7.58. The zero-order valence-electron chi connectivity index (χ0n) is 9.54. The second-order valence-corrected chi connectivity index (χ2v) is 4.86. The molecule has 1 N–H and O–H groups in total. The van der Waals surface area contributed by atoms with E-state index in [9.17, 15) is 9.59 Å². The van der Waals surface area contributed by atoms with Gasteiger partial charge in [0.1, 0.15) is 0 Å². The molecule has 0 aromatic carbocycles. The first kappa shape index (κ1) is 18.5. The summed E-state index contributed by atoms with van der Waals surface area (Å²) in [7, 11) is 0. The maximum Gasteiger partial charge on any atom is 0.307 e. The predicted octanol–water partition coefficient (Wildman–Crippen LogP) is 2.87. The Morgan fingerprint density at radius 1 is 1.44 bits per heavy atom. The molecule has 0 fully saturated rings. The van der Waals surface area contributed by atoms with Crippen molar-refractivity contribution in [1.82, 2.24) is 0 Å². The molecule has 0 aromatic heterocycles. The third kappa shape index (κ3) is 16.6. The lowest BCUT2D eigenvalue weighted by Crippen LogP contribution is -2.09. The second kappa shape index (κ2) is 13.2. The summed E-state index contributed by atoms with van der Waals surface area (Å²) >= 11 is 5.34. The minimum atomic E-state index is -0.753. The molecule has 0 radical (unpaired) electrons. The molecule has 6 heteroatoms. The number of unbranched alkanes of at least 4 members (excludes halogenated alkanes) is 1. The normalized spacial score (nSPS) is 11.0. The molecular weight excluding hydrogens is 391 g/mol. The van der Waals surface area contributed by atoms with E-state index in [1.54, 1.807) is 6.92 Å². The minimum Gasteiger partial charge on any atom is -0.481 e. The molecule has 0 aliphatic rings. The van der Waals surface area contributed by atoms with Gasteiger partial charge in [0, 0.05) is 12.3 Å². The molecule has 0 amide bonds. The molecule has 1 atom stereocenters. The van der Waals surface area contributed by atoms with Crippen LogP contribution in [0, 0.1) is 5.92 Å². The van der Waals surface area contributed by atoms with Gasteiger partial charge in [-0.15, -0.1) is 0 Å². The largest absolute Gasteiger partial charge is 0.481 e. The Bertz CT molecular complexity index is 199. The number of hydrogen-bond acceptors (Lipinski definition) is 3. The van der Waals surface area contributed by atoms with Crippen molar-refractivity contribution in [3.05, 3.63) is 0 Å². The van der Waals surface area contributed by atoms with Gasteiger partial charge in [0.2, 0.25) is 0 Å². The predicted molar refractivity (Wildman–Crippen MR) is 75.3 cm³/mol. The van der Waals surface area contributed by atoms with Crippen LogP contribution in [0.5, 0.6) is 0 Å². The van der Waals surface area contributed by atoms with Gasteiger partial charge in [0.15, 0.2) is 0 Å². The molecule has 0 aromatic rings. The van der Waals surface area contributed by atoms with Crippen molar-refractivity contribution in [3.63, 3.8) is 0 Å². The quantitative estimate of drug-likeness (QED) is 0.317. The lowest BCUT2D eigenvalue weighted by atomic mass is 10.2. The highest BCUT2D eigenvalue weighted by atomic mass is 127. The molecule has 0 heterocycles. The number of rotatable bonds is 6. The fourth-order valence-corrected chi connectivity index (χ4v) is 1.29. The van der Waals surface area contributed by atoms with Crippen LogP contribution in [0.25, 0.3) is 0 Å². The van der Waals surface area contributed by atoms with Crippen LogP contribution in [-0.2, 0) is 14.3 Å². The van der Waals surface area contributed by atoms with E-state index in [1.807, 2.05) is 0 Å². The Labute approximate surface area is 118 Å². The van der Waals surface area contributed by atoms with Crippen LogP contribution in [0.3, 0.4) is 0 Å². The van der Waals surface area contributed by atoms with Gasteiger partial charge in [-0.25, -0.2) is 0 Å². The molecule has 96 valence electrons. The van der Waals surface area contributed by atoms with Crippen LogP contribution < -0.4 is 0 Å². The molecule has 0 spiro atoms. The number of ether oxygens (including phenoxy) is 1. The van der Waals surface area contributed by atoms with E-state index in [0.717, 1.165) is 17.3 Å². The Kier molecular flexibility index (Phi) is 15.3. The first-order valence-electron chi connectivity index (χ1n) is 4.93. The number of carboxylic acids is 1. The highest BCUT2D eigenvalue weighted by molar-refractivity contribution is 14.1. The summed E-state index contributed by atoms with van der Waals surface area (Å²) < 4.78 is 5.84. The SMILES string of the molecule is CC(=O)OCCCCI.CC(CBr)C(=O)O. The van der Waals surface area contributed by atoms with Crippen molar-refractivity contribution in [2.75, 3.05) is 16.4 Å². The first-order chi connectivity index (χ1) is 7.45. The Morgan fingerprint density at radius 3 is 2.25 bits per heavy atom. The zero-order chi connectivity index (χ0) is 13.0. The van der Waals surface area contributed by atoms with Crippen molar-refractivity contribution in [3.8, 4) is 0 Å². The number of halogens is 2. The molecular formula is C10H18BrIO4. The Balaban J connectivity index is 0. The summed E-state index contributed by atoms with van der Waals surface area (Å²) in [5, 5.41) is 8.68. The van der Waals surface area contributed by atoms with Crippen LogP contribution in [0.1, 0.15) is 26.7 Å². The van der Waals surface area contributed by atoms with Gasteiger partial charge < -0.3 is 9.84 Å². The van der Waals surface area contributed by atoms with E-state index in [4.69, 9.17) is 9.84 Å². The minimum absolute atomic E-state index is 0.177. The molecule has 0 bridgehead atoms. The van der Waals surface area contributed by atoms with Crippen LogP contribution in [0.2, 0.25) is 0 Å². The van der Waals surface area contributed by atoms with Crippen LogP contribution >= 0.6 is 38.5 Å². The van der Waals surface area contributed by atoms with Crippen molar-refractivity contribution < 1.29 is 19.4 Å². The summed E-state index contributed by atoms with van der Waals surface area (Å²) in [6, 6.07) is 0. The maximum absolute atomic E-state index is 10.2.